The summed E-state index contributed by atoms with van der Waals surface area (Å²) >= 11 is 0. The molecule has 4 rings (SSSR count). The zero-order chi connectivity index (χ0) is 30.3. The Morgan fingerprint density at radius 3 is 1.79 bits per heavy atom. The third-order valence-electron chi connectivity index (χ3n) is 5.45. The SMILES string of the molecule is CC(C)(C)OC(OC(=O)N=C(NC(=O)OC(OC(C)(C)C)c1ccccc1)n1nnc2ccccc21)c1ccccc1. The van der Waals surface area contributed by atoms with Crippen molar-refractivity contribution in [3.8, 4) is 0 Å². The summed E-state index contributed by atoms with van der Waals surface area (Å²) in [6, 6.07) is 25.0. The molecule has 1 N–H and O–H groups in total. The first kappa shape index (κ1) is 30.4. The van der Waals surface area contributed by atoms with Crippen LogP contribution in [-0.2, 0) is 18.9 Å². The number of alkyl carbamates (subject to hydrolysis) is 1. The first-order chi connectivity index (χ1) is 19.9. The number of hydrogen-bond acceptors (Lipinski definition) is 8. The fourth-order valence-corrected chi connectivity index (χ4v) is 3.76. The number of hydrogen-bond donors (Lipinski definition) is 1. The second-order valence-corrected chi connectivity index (χ2v) is 11.3. The lowest BCUT2D eigenvalue weighted by Crippen LogP contribution is -2.39. The van der Waals surface area contributed by atoms with Gasteiger partial charge in [-0.25, -0.2) is 9.59 Å². The van der Waals surface area contributed by atoms with Gasteiger partial charge in [-0.15, -0.1) is 10.1 Å². The van der Waals surface area contributed by atoms with E-state index in [1.807, 2.05) is 65.8 Å². The van der Waals surface area contributed by atoms with Gasteiger partial charge in [0.05, 0.1) is 16.7 Å². The van der Waals surface area contributed by atoms with Crippen LogP contribution in [-0.4, -0.2) is 44.3 Å². The van der Waals surface area contributed by atoms with Crippen LogP contribution in [0.1, 0.15) is 65.2 Å². The molecule has 0 radical (unpaired) electrons. The number of rotatable bonds is 6. The number of carbonyl (C=O) groups is 2. The molecule has 11 nitrogen and oxygen atoms in total. The smallest absolute Gasteiger partial charge is 0.415 e. The van der Waals surface area contributed by atoms with E-state index in [4.69, 9.17) is 18.9 Å². The van der Waals surface area contributed by atoms with Crippen molar-refractivity contribution in [2.24, 2.45) is 4.99 Å². The molecule has 0 aliphatic heterocycles. The van der Waals surface area contributed by atoms with Gasteiger partial charge in [0.25, 0.3) is 0 Å². The minimum atomic E-state index is -1.06. The molecule has 220 valence electrons. The highest BCUT2D eigenvalue weighted by Gasteiger charge is 2.27. The highest BCUT2D eigenvalue weighted by Crippen LogP contribution is 2.27. The number of aromatic nitrogens is 3. The van der Waals surface area contributed by atoms with Crippen molar-refractivity contribution in [2.45, 2.75) is 65.3 Å². The summed E-state index contributed by atoms with van der Waals surface area (Å²) in [7, 11) is 0. The van der Waals surface area contributed by atoms with Crippen molar-refractivity contribution in [1.29, 1.82) is 0 Å². The van der Waals surface area contributed by atoms with E-state index in [2.05, 4.69) is 20.6 Å². The first-order valence-electron chi connectivity index (χ1n) is 13.4. The lowest BCUT2D eigenvalue weighted by atomic mass is 10.1. The molecule has 0 saturated heterocycles. The van der Waals surface area contributed by atoms with Crippen LogP contribution in [0.4, 0.5) is 9.59 Å². The molecule has 3 aromatic carbocycles. The summed E-state index contributed by atoms with van der Waals surface area (Å²) in [5.41, 5.74) is 0.962. The average molecular weight is 574 g/mol. The van der Waals surface area contributed by atoms with Crippen molar-refractivity contribution in [2.75, 3.05) is 0 Å². The number of aliphatic imine (C=N–C) groups is 1. The van der Waals surface area contributed by atoms with E-state index in [0.29, 0.717) is 22.2 Å². The van der Waals surface area contributed by atoms with Gasteiger partial charge in [-0.1, -0.05) is 78.0 Å². The molecule has 2 atom stereocenters. The fraction of sp³-hybridized carbons (Fsp3) is 0.323. The molecule has 0 spiro atoms. The number of nitrogens with one attached hydrogen (secondary N) is 1. The summed E-state index contributed by atoms with van der Waals surface area (Å²) in [4.78, 5) is 30.5. The topological polar surface area (TPSA) is 126 Å². The molecule has 2 unspecified atom stereocenters. The number of fused-ring (bicyclic) bond motifs is 1. The van der Waals surface area contributed by atoms with Gasteiger partial charge in [0.1, 0.15) is 5.52 Å². The zero-order valence-electron chi connectivity index (χ0n) is 24.5. The highest BCUT2D eigenvalue weighted by atomic mass is 16.7. The number of ether oxygens (including phenoxy) is 4. The molecule has 0 saturated carbocycles. The van der Waals surface area contributed by atoms with Crippen LogP contribution in [0.5, 0.6) is 0 Å². The summed E-state index contributed by atoms with van der Waals surface area (Å²) in [5.74, 6) is -0.288. The summed E-state index contributed by atoms with van der Waals surface area (Å²) in [6.07, 6.45) is -4.08. The summed E-state index contributed by atoms with van der Waals surface area (Å²) < 4.78 is 24.5. The molecule has 2 amide bonds. The fourth-order valence-electron chi connectivity index (χ4n) is 3.76. The summed E-state index contributed by atoms with van der Waals surface area (Å²) in [6.45, 7) is 11.1. The van der Waals surface area contributed by atoms with E-state index in [-0.39, 0.29) is 5.96 Å². The number of amides is 2. The lowest BCUT2D eigenvalue weighted by molar-refractivity contribution is -0.169. The van der Waals surface area contributed by atoms with Crippen molar-refractivity contribution in [3.63, 3.8) is 0 Å². The van der Waals surface area contributed by atoms with Crippen molar-refractivity contribution >= 4 is 29.2 Å². The molecule has 11 heteroatoms. The van der Waals surface area contributed by atoms with Gasteiger partial charge < -0.3 is 18.9 Å². The van der Waals surface area contributed by atoms with Gasteiger partial charge in [0, 0.05) is 11.1 Å². The maximum Gasteiger partial charge on any atom is 0.439 e. The lowest BCUT2D eigenvalue weighted by Gasteiger charge is -2.27. The Morgan fingerprint density at radius 1 is 0.738 bits per heavy atom. The van der Waals surface area contributed by atoms with Gasteiger partial charge in [-0.2, -0.15) is 4.68 Å². The molecule has 0 aliphatic rings. The van der Waals surface area contributed by atoms with Crippen LogP contribution >= 0.6 is 0 Å². The number of nitrogens with zero attached hydrogens (tertiary/aromatic N) is 4. The predicted molar refractivity (Wildman–Crippen MR) is 157 cm³/mol. The molecule has 1 aromatic heterocycles. The van der Waals surface area contributed by atoms with Crippen LogP contribution in [0, 0.1) is 0 Å². The highest BCUT2D eigenvalue weighted by molar-refractivity contribution is 6.02. The minimum Gasteiger partial charge on any atom is -0.415 e. The van der Waals surface area contributed by atoms with Crippen LogP contribution in [0.2, 0.25) is 0 Å². The Hall–Kier alpha value is -4.61. The summed E-state index contributed by atoms with van der Waals surface area (Å²) in [5, 5.41) is 10.7. The maximum absolute atomic E-state index is 13.2. The Labute approximate surface area is 244 Å². The van der Waals surface area contributed by atoms with E-state index in [1.54, 1.807) is 60.7 Å². The van der Waals surface area contributed by atoms with Gasteiger partial charge in [0.15, 0.2) is 0 Å². The van der Waals surface area contributed by atoms with Crippen LogP contribution in [0.25, 0.3) is 11.0 Å². The van der Waals surface area contributed by atoms with Crippen molar-refractivity contribution in [1.82, 2.24) is 20.3 Å². The Bertz CT molecular complexity index is 1520. The molecule has 0 bridgehead atoms. The normalized spacial score (nSPS) is 13.8. The Kier molecular flexibility index (Phi) is 9.34. The third kappa shape index (κ3) is 8.69. The molecule has 4 aromatic rings. The second-order valence-electron chi connectivity index (χ2n) is 11.3. The van der Waals surface area contributed by atoms with Crippen LogP contribution in [0.15, 0.2) is 89.9 Å². The Morgan fingerprint density at radius 2 is 1.24 bits per heavy atom. The second kappa shape index (κ2) is 12.9. The van der Waals surface area contributed by atoms with Crippen molar-refractivity contribution in [3.05, 3.63) is 96.1 Å². The van der Waals surface area contributed by atoms with E-state index in [1.165, 1.54) is 4.68 Å². The largest absolute Gasteiger partial charge is 0.439 e. The van der Waals surface area contributed by atoms with Crippen LogP contribution in [0.3, 0.4) is 0 Å². The molecule has 0 fully saturated rings. The molecular formula is C31H35N5O6. The molecule has 1 heterocycles. The molecular weight excluding hydrogens is 538 g/mol. The van der Waals surface area contributed by atoms with Crippen molar-refractivity contribution < 1.29 is 28.5 Å². The van der Waals surface area contributed by atoms with Gasteiger partial charge >= 0.3 is 12.2 Å². The first-order valence-corrected chi connectivity index (χ1v) is 13.4. The molecule has 0 aliphatic carbocycles. The average Bonchev–Trinajstić information content (AvgIpc) is 3.36. The number of benzene rings is 3. The van der Waals surface area contributed by atoms with Gasteiger partial charge in [-0.05, 0) is 53.7 Å². The van der Waals surface area contributed by atoms with E-state index in [9.17, 15) is 9.59 Å². The quantitative estimate of drug-likeness (QED) is 0.157. The van der Waals surface area contributed by atoms with Gasteiger partial charge in [0.2, 0.25) is 18.5 Å². The number of carbonyl (C=O) groups excluding carboxylic acids is 2. The Balaban J connectivity index is 1.64. The third-order valence-corrected chi connectivity index (χ3v) is 5.45. The minimum absolute atomic E-state index is 0.288. The maximum atomic E-state index is 13.2. The van der Waals surface area contributed by atoms with E-state index in [0.717, 1.165) is 0 Å². The zero-order valence-corrected chi connectivity index (χ0v) is 24.5. The van der Waals surface area contributed by atoms with Crippen LogP contribution < -0.4 is 5.32 Å². The van der Waals surface area contributed by atoms with E-state index < -0.39 is 36.0 Å². The monoisotopic (exact) mass is 573 g/mol. The number of para-hydroxylation sites is 1. The van der Waals surface area contributed by atoms with E-state index >= 15 is 0 Å². The molecule has 42 heavy (non-hydrogen) atoms. The van der Waals surface area contributed by atoms with Gasteiger partial charge in [-0.3, -0.25) is 5.32 Å². The standard InChI is InChI=1S/C31H35N5O6/c1-30(2,3)41-25(21-15-9-7-10-16-21)39-28(37)32-27(36-24-20-14-13-19-23(24)34-35-36)33-29(38)40-26(42-31(4,5)6)22-17-11-8-12-18-22/h7-20,25-26H,1-6H3,(H,32,33,37,38). The predicted octanol–water partition coefficient (Wildman–Crippen LogP) is 6.53.